The quantitative estimate of drug-likeness (QED) is 0.651. The molecule has 0 amide bonds. The zero-order valence-electron chi connectivity index (χ0n) is 14.2. The number of aromatic nitrogens is 1. The van der Waals surface area contributed by atoms with Crippen molar-refractivity contribution in [2.75, 3.05) is 11.8 Å². The predicted molar refractivity (Wildman–Crippen MR) is 105 cm³/mol. The standard InChI is InChI=1S/C18H17ClN2O3S2/c1-12-16(19)7-4-8-17(12)26(22,23)21-18-20-14(11-25-18)9-13-5-3-6-15(10-13)24-2/h3-8,10-11H,9H2,1-2H3,(H,20,21). The summed E-state index contributed by atoms with van der Waals surface area (Å²) in [4.78, 5) is 4.53. The Morgan fingerprint density at radius 2 is 2.00 bits per heavy atom. The molecule has 0 saturated heterocycles. The molecule has 0 spiro atoms. The number of ether oxygens (including phenoxy) is 1. The van der Waals surface area contributed by atoms with Gasteiger partial charge >= 0.3 is 0 Å². The first-order valence-corrected chi connectivity index (χ1v) is 10.5. The highest BCUT2D eigenvalue weighted by Crippen LogP contribution is 2.26. The third-order valence-electron chi connectivity index (χ3n) is 3.80. The van der Waals surface area contributed by atoms with Gasteiger partial charge in [0.25, 0.3) is 10.0 Å². The summed E-state index contributed by atoms with van der Waals surface area (Å²) >= 11 is 7.27. The summed E-state index contributed by atoms with van der Waals surface area (Å²) in [6.07, 6.45) is 0.589. The minimum atomic E-state index is -3.74. The molecule has 1 heterocycles. The minimum Gasteiger partial charge on any atom is -0.497 e. The van der Waals surface area contributed by atoms with E-state index in [0.717, 1.165) is 17.0 Å². The summed E-state index contributed by atoms with van der Waals surface area (Å²) in [5.41, 5.74) is 2.33. The van der Waals surface area contributed by atoms with Gasteiger partial charge in [-0.05, 0) is 42.3 Å². The van der Waals surface area contributed by atoms with Gasteiger partial charge in [0.1, 0.15) is 5.75 Å². The minimum absolute atomic E-state index is 0.148. The van der Waals surface area contributed by atoms with Gasteiger partial charge in [0.05, 0.1) is 17.7 Å². The SMILES string of the molecule is COc1cccc(Cc2csc(NS(=O)(=O)c3cccc(Cl)c3C)n2)c1. The van der Waals surface area contributed by atoms with E-state index in [2.05, 4.69) is 9.71 Å². The second-order valence-corrected chi connectivity index (χ2v) is 8.56. The van der Waals surface area contributed by atoms with Crippen LogP contribution in [-0.4, -0.2) is 20.5 Å². The lowest BCUT2D eigenvalue weighted by Crippen LogP contribution is -2.14. The third-order valence-corrected chi connectivity index (χ3v) is 6.63. The summed E-state index contributed by atoms with van der Waals surface area (Å²) in [5, 5.41) is 2.57. The summed E-state index contributed by atoms with van der Waals surface area (Å²) in [5.74, 6) is 0.773. The van der Waals surface area contributed by atoms with Crippen molar-refractivity contribution in [3.63, 3.8) is 0 Å². The molecule has 0 saturated carbocycles. The Kier molecular flexibility index (Phi) is 5.50. The van der Waals surface area contributed by atoms with Crippen molar-refractivity contribution in [1.82, 2.24) is 4.98 Å². The Bertz CT molecular complexity index is 1030. The van der Waals surface area contributed by atoms with Gasteiger partial charge in [0.15, 0.2) is 5.13 Å². The van der Waals surface area contributed by atoms with Crippen LogP contribution >= 0.6 is 22.9 Å². The molecule has 0 fully saturated rings. The van der Waals surface area contributed by atoms with Crippen LogP contribution in [0.15, 0.2) is 52.7 Å². The number of benzene rings is 2. The Balaban J connectivity index is 1.78. The van der Waals surface area contributed by atoms with Crippen LogP contribution in [0, 0.1) is 6.92 Å². The molecule has 0 aliphatic carbocycles. The van der Waals surface area contributed by atoms with Gasteiger partial charge in [-0.1, -0.05) is 29.8 Å². The lowest BCUT2D eigenvalue weighted by molar-refractivity contribution is 0.414. The number of hydrogen-bond acceptors (Lipinski definition) is 5. The average Bonchev–Trinajstić information content (AvgIpc) is 3.03. The molecule has 0 bridgehead atoms. The van der Waals surface area contributed by atoms with Crippen LogP contribution in [0.3, 0.4) is 0 Å². The van der Waals surface area contributed by atoms with Crippen molar-refractivity contribution in [2.24, 2.45) is 0 Å². The molecule has 3 rings (SSSR count). The third kappa shape index (κ3) is 4.17. The fraction of sp³-hybridized carbons (Fsp3) is 0.167. The van der Waals surface area contributed by atoms with E-state index < -0.39 is 10.0 Å². The molecule has 0 unspecified atom stereocenters. The van der Waals surface area contributed by atoms with Gasteiger partial charge in [-0.2, -0.15) is 0 Å². The highest BCUT2D eigenvalue weighted by atomic mass is 35.5. The van der Waals surface area contributed by atoms with E-state index in [1.54, 1.807) is 26.2 Å². The van der Waals surface area contributed by atoms with Crippen LogP contribution in [0.4, 0.5) is 5.13 Å². The van der Waals surface area contributed by atoms with Crippen LogP contribution in [0.1, 0.15) is 16.8 Å². The Labute approximate surface area is 161 Å². The number of anilines is 1. The van der Waals surface area contributed by atoms with Crippen molar-refractivity contribution in [2.45, 2.75) is 18.2 Å². The molecule has 2 aromatic carbocycles. The fourth-order valence-electron chi connectivity index (χ4n) is 2.48. The first kappa shape index (κ1) is 18.7. The second-order valence-electron chi connectivity index (χ2n) is 5.64. The van der Waals surface area contributed by atoms with Gasteiger partial charge in [-0.15, -0.1) is 11.3 Å². The first-order chi connectivity index (χ1) is 12.4. The maximum absolute atomic E-state index is 12.6. The van der Waals surface area contributed by atoms with Crippen molar-refractivity contribution in [1.29, 1.82) is 0 Å². The van der Waals surface area contributed by atoms with E-state index in [9.17, 15) is 8.42 Å². The molecule has 8 heteroatoms. The number of nitrogens with one attached hydrogen (secondary N) is 1. The molecule has 0 aliphatic rings. The molecular formula is C18H17ClN2O3S2. The van der Waals surface area contributed by atoms with Crippen LogP contribution in [-0.2, 0) is 16.4 Å². The number of nitrogens with zero attached hydrogens (tertiary/aromatic N) is 1. The van der Waals surface area contributed by atoms with Crippen LogP contribution < -0.4 is 9.46 Å². The van der Waals surface area contributed by atoms with Gasteiger partial charge in [-0.25, -0.2) is 13.4 Å². The summed E-state index contributed by atoms with van der Waals surface area (Å²) in [6.45, 7) is 1.67. The highest BCUT2D eigenvalue weighted by Gasteiger charge is 2.19. The number of thiazole rings is 1. The lowest BCUT2D eigenvalue weighted by Gasteiger charge is -2.09. The van der Waals surface area contributed by atoms with E-state index >= 15 is 0 Å². The van der Waals surface area contributed by atoms with Gasteiger partial charge < -0.3 is 4.74 Å². The van der Waals surface area contributed by atoms with Crippen molar-refractivity contribution in [3.8, 4) is 5.75 Å². The largest absolute Gasteiger partial charge is 0.497 e. The van der Waals surface area contributed by atoms with Gasteiger partial charge in [0.2, 0.25) is 0 Å². The van der Waals surface area contributed by atoms with E-state index in [1.807, 2.05) is 29.6 Å². The molecule has 26 heavy (non-hydrogen) atoms. The Morgan fingerprint density at radius 1 is 1.23 bits per heavy atom. The number of hydrogen-bond donors (Lipinski definition) is 1. The van der Waals surface area contributed by atoms with E-state index in [-0.39, 0.29) is 4.90 Å². The van der Waals surface area contributed by atoms with Gasteiger partial charge in [-0.3, -0.25) is 4.72 Å². The van der Waals surface area contributed by atoms with Crippen molar-refractivity contribution < 1.29 is 13.2 Å². The molecule has 1 aromatic heterocycles. The Morgan fingerprint density at radius 3 is 2.77 bits per heavy atom. The lowest BCUT2D eigenvalue weighted by atomic mass is 10.1. The molecule has 0 radical (unpaired) electrons. The monoisotopic (exact) mass is 408 g/mol. The topological polar surface area (TPSA) is 68.3 Å². The molecular weight excluding hydrogens is 392 g/mol. The smallest absolute Gasteiger partial charge is 0.263 e. The second kappa shape index (κ2) is 7.65. The van der Waals surface area contributed by atoms with Gasteiger partial charge in [0, 0.05) is 16.8 Å². The van der Waals surface area contributed by atoms with E-state index in [1.165, 1.54) is 17.4 Å². The number of halogens is 1. The zero-order chi connectivity index (χ0) is 18.7. The fourth-order valence-corrected chi connectivity index (χ4v) is 4.94. The number of rotatable bonds is 6. The molecule has 0 atom stereocenters. The molecule has 136 valence electrons. The maximum Gasteiger partial charge on any atom is 0.263 e. The summed E-state index contributed by atoms with van der Waals surface area (Å²) < 4.78 is 33.0. The predicted octanol–water partition coefficient (Wildman–Crippen LogP) is 4.51. The summed E-state index contributed by atoms with van der Waals surface area (Å²) in [6, 6.07) is 12.5. The van der Waals surface area contributed by atoms with Crippen LogP contribution in [0.25, 0.3) is 0 Å². The zero-order valence-corrected chi connectivity index (χ0v) is 16.6. The molecule has 1 N–H and O–H groups in total. The molecule has 5 nitrogen and oxygen atoms in total. The first-order valence-electron chi connectivity index (χ1n) is 7.74. The van der Waals surface area contributed by atoms with Crippen LogP contribution in [0.2, 0.25) is 5.02 Å². The Hall–Kier alpha value is -2.09. The molecule has 0 aliphatic heterocycles. The maximum atomic E-state index is 12.6. The van der Waals surface area contributed by atoms with Crippen molar-refractivity contribution in [3.05, 3.63) is 69.7 Å². The van der Waals surface area contributed by atoms with Crippen molar-refractivity contribution >= 4 is 38.1 Å². The number of sulfonamides is 1. The molecule has 3 aromatic rings. The average molecular weight is 409 g/mol. The van der Waals surface area contributed by atoms with E-state index in [0.29, 0.717) is 22.1 Å². The summed E-state index contributed by atoms with van der Waals surface area (Å²) in [7, 11) is -2.13. The highest BCUT2D eigenvalue weighted by molar-refractivity contribution is 7.93. The normalized spacial score (nSPS) is 11.3. The number of methoxy groups -OCH3 is 1. The van der Waals surface area contributed by atoms with Crippen LogP contribution in [0.5, 0.6) is 5.75 Å². The van der Waals surface area contributed by atoms with E-state index in [4.69, 9.17) is 16.3 Å².